The molecule has 0 aliphatic carbocycles. The Morgan fingerprint density at radius 3 is 2.80 bits per heavy atom. The zero-order chi connectivity index (χ0) is 21.4. The highest BCUT2D eigenvalue weighted by atomic mass is 32.2. The first kappa shape index (κ1) is 19.7. The fraction of sp³-hybridized carbons (Fsp3) is 0.158. The van der Waals surface area contributed by atoms with Crippen LogP contribution in [0, 0.1) is 22.9 Å². The van der Waals surface area contributed by atoms with Crippen molar-refractivity contribution in [2.75, 3.05) is 5.32 Å². The fourth-order valence-corrected chi connectivity index (χ4v) is 3.76. The lowest BCUT2D eigenvalue weighted by molar-refractivity contribution is -0.387. The molecule has 152 valence electrons. The second kappa shape index (κ2) is 7.67. The van der Waals surface area contributed by atoms with Gasteiger partial charge in [-0.05, 0) is 38.1 Å². The van der Waals surface area contributed by atoms with E-state index in [1.54, 1.807) is 18.4 Å². The molecule has 0 aliphatic rings. The minimum atomic E-state index is -0.968. The average Bonchev–Trinajstić information content (AvgIpc) is 3.11. The molecule has 11 heteroatoms. The van der Waals surface area contributed by atoms with Gasteiger partial charge in [0.25, 0.3) is 0 Å². The van der Waals surface area contributed by atoms with Gasteiger partial charge in [-0.3, -0.25) is 14.9 Å². The van der Waals surface area contributed by atoms with Gasteiger partial charge in [-0.2, -0.15) is 8.91 Å². The zero-order valence-corrected chi connectivity index (χ0v) is 16.7. The number of carbonyl (C=O) groups is 1. The number of hydrogen-bond acceptors (Lipinski definition) is 7. The zero-order valence-electron chi connectivity index (χ0n) is 15.9. The number of fused-ring (bicyclic) bond motifs is 3. The maximum Gasteiger partial charge on any atom is 0.306 e. The van der Waals surface area contributed by atoms with E-state index in [0.717, 1.165) is 23.0 Å². The van der Waals surface area contributed by atoms with E-state index >= 15 is 0 Å². The number of benzene rings is 2. The smallest absolute Gasteiger partial charge is 0.306 e. The fourth-order valence-electron chi connectivity index (χ4n) is 2.90. The van der Waals surface area contributed by atoms with E-state index in [1.807, 2.05) is 24.3 Å². The Kier molecular flexibility index (Phi) is 5.04. The number of amides is 1. The Balaban J connectivity index is 1.61. The second-order valence-corrected chi connectivity index (χ2v) is 7.79. The van der Waals surface area contributed by atoms with Crippen LogP contribution in [0.1, 0.15) is 12.7 Å². The number of nitro groups is 1. The minimum absolute atomic E-state index is 0.133. The van der Waals surface area contributed by atoms with Crippen LogP contribution in [0.3, 0.4) is 0 Å². The largest absolute Gasteiger partial charge is 0.325 e. The molecular weight excluding hydrogens is 411 g/mol. The van der Waals surface area contributed by atoms with Crippen molar-refractivity contribution in [2.45, 2.75) is 24.3 Å². The molecule has 1 N–H and O–H groups in total. The summed E-state index contributed by atoms with van der Waals surface area (Å²) in [6, 6.07) is 10.7. The van der Waals surface area contributed by atoms with E-state index in [-0.39, 0.29) is 5.69 Å². The third-order valence-corrected chi connectivity index (χ3v) is 5.36. The molecular formula is C19H15FN6O3S. The van der Waals surface area contributed by atoms with Crippen LogP contribution in [-0.2, 0) is 4.79 Å². The normalized spacial score (nSPS) is 12.2. The summed E-state index contributed by atoms with van der Waals surface area (Å²) >= 11 is 1.17. The summed E-state index contributed by atoms with van der Waals surface area (Å²) in [5.41, 5.74) is 0.793. The molecule has 4 aromatic rings. The highest BCUT2D eigenvalue weighted by Gasteiger charge is 2.21. The molecule has 0 bridgehead atoms. The van der Waals surface area contributed by atoms with Gasteiger partial charge in [0.15, 0.2) is 10.8 Å². The van der Waals surface area contributed by atoms with Gasteiger partial charge in [0.2, 0.25) is 11.7 Å². The summed E-state index contributed by atoms with van der Waals surface area (Å²) in [5.74, 6) is -0.809. The van der Waals surface area contributed by atoms with E-state index in [4.69, 9.17) is 0 Å². The highest BCUT2D eigenvalue weighted by Crippen LogP contribution is 2.28. The summed E-state index contributed by atoms with van der Waals surface area (Å²) in [7, 11) is 0. The number of thioether (sulfide) groups is 1. The number of nitrogens with one attached hydrogen (secondary N) is 1. The van der Waals surface area contributed by atoms with Gasteiger partial charge in [0.05, 0.1) is 15.7 Å². The molecule has 2 heterocycles. The van der Waals surface area contributed by atoms with Crippen molar-refractivity contribution in [1.82, 2.24) is 19.6 Å². The minimum Gasteiger partial charge on any atom is -0.325 e. The molecule has 9 nitrogen and oxygen atoms in total. The third kappa shape index (κ3) is 3.66. The third-order valence-electron chi connectivity index (χ3n) is 4.32. The molecule has 0 spiro atoms. The first-order valence-electron chi connectivity index (χ1n) is 8.87. The number of rotatable bonds is 5. The van der Waals surface area contributed by atoms with Crippen LogP contribution in [0.2, 0.25) is 0 Å². The number of halogens is 1. The standard InChI is InChI=1S/C19H15FN6O3S/c1-10(18(27)22-12-7-8-14(20)16(9-12)26(28)29)30-19-23-15-6-4-3-5-13(15)17-21-11(2)24-25(17)19/h3-10H,1-2H3,(H,22,27)/t10-/m1/s1. The average molecular weight is 426 g/mol. The van der Waals surface area contributed by atoms with Crippen LogP contribution in [0.4, 0.5) is 15.8 Å². The van der Waals surface area contributed by atoms with E-state index in [2.05, 4.69) is 20.4 Å². The molecule has 0 radical (unpaired) electrons. The topological polar surface area (TPSA) is 115 Å². The van der Waals surface area contributed by atoms with Crippen LogP contribution in [0.15, 0.2) is 47.6 Å². The van der Waals surface area contributed by atoms with Gasteiger partial charge in [0, 0.05) is 17.1 Å². The van der Waals surface area contributed by atoms with Crippen LogP contribution < -0.4 is 5.32 Å². The molecule has 30 heavy (non-hydrogen) atoms. The molecule has 2 aromatic carbocycles. The molecule has 1 amide bonds. The predicted octanol–water partition coefficient (Wildman–Crippen LogP) is 3.75. The molecule has 1 atom stereocenters. The highest BCUT2D eigenvalue weighted by molar-refractivity contribution is 8.00. The maximum atomic E-state index is 13.5. The number of nitro benzene ring substituents is 1. The van der Waals surface area contributed by atoms with Crippen molar-refractivity contribution < 1.29 is 14.1 Å². The molecule has 0 saturated carbocycles. The number of para-hydroxylation sites is 1. The molecule has 0 saturated heterocycles. The van der Waals surface area contributed by atoms with E-state index in [0.29, 0.717) is 16.6 Å². The van der Waals surface area contributed by atoms with Crippen molar-refractivity contribution in [3.63, 3.8) is 0 Å². The lowest BCUT2D eigenvalue weighted by atomic mass is 10.2. The summed E-state index contributed by atoms with van der Waals surface area (Å²) < 4.78 is 15.1. The summed E-state index contributed by atoms with van der Waals surface area (Å²) in [6.45, 7) is 3.44. The number of carbonyl (C=O) groups excluding carboxylic acids is 1. The SMILES string of the molecule is Cc1nc2c3ccccc3nc(S[C@H](C)C(=O)Nc3ccc(F)c([N+](=O)[O-])c3)n2n1. The summed E-state index contributed by atoms with van der Waals surface area (Å²) in [5, 5.41) is 18.6. The number of hydrogen-bond donors (Lipinski definition) is 1. The van der Waals surface area contributed by atoms with E-state index in [1.165, 1.54) is 17.8 Å². The summed E-state index contributed by atoms with van der Waals surface area (Å²) in [6.07, 6.45) is 0. The van der Waals surface area contributed by atoms with Gasteiger partial charge >= 0.3 is 5.69 Å². The van der Waals surface area contributed by atoms with Crippen molar-refractivity contribution in [2.24, 2.45) is 0 Å². The predicted molar refractivity (Wildman–Crippen MR) is 110 cm³/mol. The van der Waals surface area contributed by atoms with Gasteiger partial charge in [-0.15, -0.1) is 5.10 Å². The van der Waals surface area contributed by atoms with Crippen LogP contribution in [0.5, 0.6) is 0 Å². The van der Waals surface area contributed by atoms with Crippen molar-refractivity contribution >= 4 is 45.6 Å². The Morgan fingerprint density at radius 2 is 2.03 bits per heavy atom. The van der Waals surface area contributed by atoms with Crippen LogP contribution >= 0.6 is 11.8 Å². The maximum absolute atomic E-state index is 13.5. The van der Waals surface area contributed by atoms with Crippen molar-refractivity contribution in [1.29, 1.82) is 0 Å². The first-order valence-corrected chi connectivity index (χ1v) is 9.75. The molecule has 0 unspecified atom stereocenters. The summed E-state index contributed by atoms with van der Waals surface area (Å²) in [4.78, 5) is 31.7. The number of nitrogens with zero attached hydrogens (tertiary/aromatic N) is 5. The van der Waals surface area contributed by atoms with Crippen LogP contribution in [0.25, 0.3) is 16.6 Å². The van der Waals surface area contributed by atoms with Gasteiger partial charge < -0.3 is 5.32 Å². The lowest BCUT2D eigenvalue weighted by Gasteiger charge is -2.13. The lowest BCUT2D eigenvalue weighted by Crippen LogP contribution is -2.23. The van der Waals surface area contributed by atoms with E-state index < -0.39 is 27.6 Å². The Labute approximate surface area is 173 Å². The van der Waals surface area contributed by atoms with Gasteiger partial charge in [-0.25, -0.2) is 9.97 Å². The number of aryl methyl sites for hydroxylation is 1. The monoisotopic (exact) mass is 426 g/mol. The first-order chi connectivity index (χ1) is 14.3. The van der Waals surface area contributed by atoms with Gasteiger partial charge in [0.1, 0.15) is 5.82 Å². The van der Waals surface area contributed by atoms with Crippen LogP contribution in [-0.4, -0.2) is 35.7 Å². The Bertz CT molecular complexity index is 1310. The Hall–Kier alpha value is -3.60. The second-order valence-electron chi connectivity index (χ2n) is 6.48. The Morgan fingerprint density at radius 1 is 1.27 bits per heavy atom. The quantitative estimate of drug-likeness (QED) is 0.224. The number of aromatic nitrogens is 4. The number of anilines is 1. The molecule has 4 rings (SSSR count). The molecule has 0 fully saturated rings. The van der Waals surface area contributed by atoms with E-state index in [9.17, 15) is 19.3 Å². The molecule has 2 aromatic heterocycles. The van der Waals surface area contributed by atoms with Crippen molar-refractivity contribution in [3.05, 3.63) is 64.2 Å². The van der Waals surface area contributed by atoms with Gasteiger partial charge in [-0.1, -0.05) is 23.9 Å². The molecule has 0 aliphatic heterocycles. The van der Waals surface area contributed by atoms with Crippen molar-refractivity contribution in [3.8, 4) is 0 Å².